The van der Waals surface area contributed by atoms with Crippen LogP contribution >= 0.6 is 12.2 Å². The minimum absolute atomic E-state index is 0.557. The minimum atomic E-state index is 0.557. The van der Waals surface area contributed by atoms with Gasteiger partial charge in [-0.15, -0.1) is 0 Å². The number of hydrazine groups is 1. The van der Waals surface area contributed by atoms with E-state index in [1.807, 2.05) is 0 Å². The third kappa shape index (κ3) is 4.44. The van der Waals surface area contributed by atoms with Crippen molar-refractivity contribution in [1.29, 1.82) is 0 Å². The highest BCUT2D eigenvalue weighted by Crippen LogP contribution is 2.16. The standard InChI is InChI=1S/C15H24N4S/c1-12(2)13-4-6-14(7-5-13)16-15(20)17-19-10-8-18(3)9-11-19/h4-7,12H,8-11H2,1-3H3,(H2,16,17,20)/p+1. The van der Waals surface area contributed by atoms with Crippen LogP contribution < -0.4 is 15.6 Å². The van der Waals surface area contributed by atoms with Crippen molar-refractivity contribution >= 4 is 23.0 Å². The van der Waals surface area contributed by atoms with Crippen LogP contribution in [-0.2, 0) is 0 Å². The third-order valence-corrected chi connectivity index (χ3v) is 3.91. The molecule has 3 N–H and O–H groups in total. The number of nitrogens with zero attached hydrogens (tertiary/aromatic N) is 1. The fourth-order valence-corrected chi connectivity index (χ4v) is 2.50. The van der Waals surface area contributed by atoms with E-state index in [0.29, 0.717) is 11.0 Å². The maximum atomic E-state index is 5.36. The summed E-state index contributed by atoms with van der Waals surface area (Å²) in [6, 6.07) is 8.46. The number of rotatable bonds is 3. The van der Waals surface area contributed by atoms with Crippen LogP contribution in [0.15, 0.2) is 24.3 Å². The van der Waals surface area contributed by atoms with E-state index in [9.17, 15) is 0 Å². The van der Waals surface area contributed by atoms with E-state index in [-0.39, 0.29) is 0 Å². The lowest BCUT2D eigenvalue weighted by Gasteiger charge is -2.31. The van der Waals surface area contributed by atoms with Gasteiger partial charge >= 0.3 is 0 Å². The lowest BCUT2D eigenvalue weighted by Crippen LogP contribution is -3.12. The normalized spacial score (nSPS) is 17.2. The molecular formula is C15H25N4S+. The quantitative estimate of drug-likeness (QED) is 0.721. The Morgan fingerprint density at radius 2 is 1.80 bits per heavy atom. The molecule has 0 aromatic heterocycles. The Balaban J connectivity index is 1.82. The van der Waals surface area contributed by atoms with E-state index in [1.54, 1.807) is 4.90 Å². The number of quaternary nitrogens is 1. The zero-order valence-electron chi connectivity index (χ0n) is 12.6. The van der Waals surface area contributed by atoms with Crippen LogP contribution in [0, 0.1) is 0 Å². The summed E-state index contributed by atoms with van der Waals surface area (Å²) in [7, 11) is 2.23. The van der Waals surface area contributed by atoms with Crippen LogP contribution in [0.3, 0.4) is 0 Å². The van der Waals surface area contributed by atoms with E-state index in [4.69, 9.17) is 12.2 Å². The van der Waals surface area contributed by atoms with Crippen LogP contribution in [0.2, 0.25) is 0 Å². The van der Waals surface area contributed by atoms with Gasteiger partial charge in [-0.25, -0.2) is 5.01 Å². The first-order valence-electron chi connectivity index (χ1n) is 7.28. The summed E-state index contributed by atoms with van der Waals surface area (Å²) in [5.41, 5.74) is 5.64. The van der Waals surface area contributed by atoms with E-state index < -0.39 is 0 Å². The topological polar surface area (TPSA) is 31.7 Å². The molecule has 1 saturated heterocycles. The number of hydrogen-bond donors (Lipinski definition) is 3. The van der Waals surface area contributed by atoms with E-state index in [1.165, 1.54) is 5.56 Å². The van der Waals surface area contributed by atoms with E-state index in [0.717, 1.165) is 31.9 Å². The molecule has 0 unspecified atom stereocenters. The number of likely N-dealkylation sites (N-methyl/N-ethyl adjacent to an activating group) is 1. The molecule has 110 valence electrons. The van der Waals surface area contributed by atoms with Crippen molar-refractivity contribution in [3.8, 4) is 0 Å². The van der Waals surface area contributed by atoms with E-state index in [2.05, 4.69) is 60.9 Å². The Morgan fingerprint density at radius 1 is 1.20 bits per heavy atom. The molecule has 1 aliphatic heterocycles. The van der Waals surface area contributed by atoms with Gasteiger partial charge < -0.3 is 10.2 Å². The second kappa shape index (κ2) is 7.02. The molecule has 0 amide bonds. The molecule has 1 aromatic rings. The molecule has 1 aromatic carbocycles. The Hall–Kier alpha value is -1.17. The zero-order chi connectivity index (χ0) is 14.5. The van der Waals surface area contributed by atoms with Gasteiger partial charge in [-0.2, -0.15) is 0 Å². The van der Waals surface area contributed by atoms with Crippen molar-refractivity contribution in [3.63, 3.8) is 0 Å². The SMILES string of the molecule is CC(C)c1ccc(NC(=S)NN2CC[NH+](C)CC2)cc1. The number of piperazine rings is 1. The highest BCUT2D eigenvalue weighted by Gasteiger charge is 2.16. The van der Waals surface area contributed by atoms with Crippen LogP contribution in [0.1, 0.15) is 25.3 Å². The van der Waals surface area contributed by atoms with Crippen molar-refractivity contribution in [3.05, 3.63) is 29.8 Å². The maximum absolute atomic E-state index is 5.36. The summed E-state index contributed by atoms with van der Waals surface area (Å²) >= 11 is 5.36. The Bertz CT molecular complexity index is 436. The van der Waals surface area contributed by atoms with Gasteiger partial charge in [0, 0.05) is 5.69 Å². The average molecular weight is 293 g/mol. The van der Waals surface area contributed by atoms with E-state index >= 15 is 0 Å². The van der Waals surface area contributed by atoms with Crippen LogP contribution in [0.25, 0.3) is 0 Å². The summed E-state index contributed by atoms with van der Waals surface area (Å²) < 4.78 is 0. The van der Waals surface area contributed by atoms with Gasteiger partial charge in [0.05, 0.1) is 33.2 Å². The van der Waals surface area contributed by atoms with Gasteiger partial charge in [0.2, 0.25) is 0 Å². The van der Waals surface area contributed by atoms with Crippen LogP contribution in [0.5, 0.6) is 0 Å². The fourth-order valence-electron chi connectivity index (χ4n) is 2.25. The first kappa shape index (κ1) is 15.2. The summed E-state index contributed by atoms with van der Waals surface area (Å²) in [6.45, 7) is 8.76. The smallest absolute Gasteiger partial charge is 0.185 e. The molecule has 0 spiro atoms. The van der Waals surface area contributed by atoms with Crippen LogP contribution in [0.4, 0.5) is 5.69 Å². The van der Waals surface area contributed by atoms with Gasteiger partial charge in [0.25, 0.3) is 0 Å². The number of thiocarbonyl (C=S) groups is 1. The van der Waals surface area contributed by atoms with Crippen molar-refractivity contribution < 1.29 is 4.90 Å². The molecule has 0 bridgehead atoms. The molecule has 20 heavy (non-hydrogen) atoms. The van der Waals surface area contributed by atoms with Gasteiger partial charge in [-0.05, 0) is 35.8 Å². The number of hydrogen-bond acceptors (Lipinski definition) is 2. The van der Waals surface area contributed by atoms with Gasteiger partial charge in [0.15, 0.2) is 5.11 Å². The highest BCUT2D eigenvalue weighted by molar-refractivity contribution is 7.80. The molecule has 2 rings (SSSR count). The molecule has 0 radical (unpaired) electrons. The molecule has 1 fully saturated rings. The number of anilines is 1. The fraction of sp³-hybridized carbons (Fsp3) is 0.533. The summed E-state index contributed by atoms with van der Waals surface area (Å²) in [5, 5.41) is 6.09. The molecule has 0 atom stereocenters. The Labute approximate surface area is 127 Å². The van der Waals surface area contributed by atoms with Gasteiger partial charge in [-0.3, -0.25) is 5.43 Å². The first-order valence-corrected chi connectivity index (χ1v) is 7.69. The van der Waals surface area contributed by atoms with Gasteiger partial charge in [-0.1, -0.05) is 26.0 Å². The molecular weight excluding hydrogens is 268 g/mol. The molecule has 4 nitrogen and oxygen atoms in total. The molecule has 5 heteroatoms. The average Bonchev–Trinajstić information content (AvgIpc) is 2.42. The van der Waals surface area contributed by atoms with Crippen molar-refractivity contribution in [2.45, 2.75) is 19.8 Å². The van der Waals surface area contributed by atoms with Crippen molar-refractivity contribution in [2.75, 3.05) is 38.5 Å². The Morgan fingerprint density at radius 3 is 2.35 bits per heavy atom. The number of benzene rings is 1. The summed E-state index contributed by atoms with van der Waals surface area (Å²) in [6.07, 6.45) is 0. The summed E-state index contributed by atoms with van der Waals surface area (Å²) in [5.74, 6) is 0.557. The lowest BCUT2D eigenvalue weighted by atomic mass is 10.0. The predicted molar refractivity (Wildman–Crippen MR) is 88.1 cm³/mol. The zero-order valence-corrected chi connectivity index (χ0v) is 13.4. The maximum Gasteiger partial charge on any atom is 0.185 e. The monoisotopic (exact) mass is 293 g/mol. The third-order valence-electron chi connectivity index (χ3n) is 3.71. The lowest BCUT2D eigenvalue weighted by molar-refractivity contribution is -0.884. The van der Waals surface area contributed by atoms with Gasteiger partial charge in [0.1, 0.15) is 0 Å². The molecule has 0 saturated carbocycles. The number of nitrogens with one attached hydrogen (secondary N) is 3. The first-order chi connectivity index (χ1) is 9.54. The largest absolute Gasteiger partial charge is 0.335 e. The van der Waals surface area contributed by atoms with Crippen molar-refractivity contribution in [2.24, 2.45) is 0 Å². The minimum Gasteiger partial charge on any atom is -0.335 e. The Kier molecular flexibility index (Phi) is 5.34. The van der Waals surface area contributed by atoms with Crippen molar-refractivity contribution in [1.82, 2.24) is 10.4 Å². The van der Waals surface area contributed by atoms with Crippen LogP contribution in [-0.4, -0.2) is 43.3 Å². The predicted octanol–water partition coefficient (Wildman–Crippen LogP) is 0.842. The highest BCUT2D eigenvalue weighted by atomic mass is 32.1. The second-order valence-corrected chi connectivity index (χ2v) is 6.20. The summed E-state index contributed by atoms with van der Waals surface area (Å²) in [4.78, 5) is 1.58. The molecule has 1 aliphatic rings. The molecule has 1 heterocycles. The second-order valence-electron chi connectivity index (χ2n) is 5.79. The molecule has 0 aliphatic carbocycles.